The molecule has 0 aliphatic heterocycles. The average molecular weight is 338 g/mol. The van der Waals surface area contributed by atoms with E-state index in [0.717, 1.165) is 26.2 Å². The molecule has 0 saturated carbocycles. The molecule has 0 radical (unpaired) electrons. The summed E-state index contributed by atoms with van der Waals surface area (Å²) in [4.78, 5) is 6.61. The molecule has 3 nitrogen and oxygen atoms in total. The second kappa shape index (κ2) is 7.73. The first-order chi connectivity index (χ1) is 10.1. The summed E-state index contributed by atoms with van der Waals surface area (Å²) in [6.07, 6.45) is 5.82. The van der Waals surface area contributed by atoms with Crippen molar-refractivity contribution in [3.05, 3.63) is 52.3 Å². The summed E-state index contributed by atoms with van der Waals surface area (Å²) in [5.41, 5.74) is 1.84. The van der Waals surface area contributed by atoms with E-state index in [-0.39, 0.29) is 0 Å². The molecule has 0 N–H and O–H groups in total. The molecule has 2 aromatic rings. The second-order valence-electron chi connectivity index (χ2n) is 4.36. The van der Waals surface area contributed by atoms with E-state index in [9.17, 15) is 0 Å². The molecule has 0 aliphatic carbocycles. The van der Waals surface area contributed by atoms with Gasteiger partial charge >= 0.3 is 0 Å². The number of aryl methyl sites for hydroxylation is 1. The second-order valence-corrected chi connectivity index (χ2v) is 6.62. The van der Waals surface area contributed by atoms with Gasteiger partial charge in [0.1, 0.15) is 5.69 Å². The summed E-state index contributed by atoms with van der Waals surface area (Å²) in [6, 6.07) is 7.78. The normalized spacial score (nSPS) is 12.3. The lowest BCUT2D eigenvalue weighted by Crippen LogP contribution is -1.90. The van der Waals surface area contributed by atoms with Crippen molar-refractivity contribution in [2.24, 2.45) is 12.0 Å². The number of hydrogen-bond acceptors (Lipinski definition) is 4. The number of nitrogens with zero attached hydrogens (tertiary/aromatic N) is 3. The number of benzene rings is 1. The summed E-state index contributed by atoms with van der Waals surface area (Å²) in [5.74, 6) is 0. The van der Waals surface area contributed by atoms with E-state index >= 15 is 0 Å². The predicted molar refractivity (Wildman–Crippen MR) is 93.6 cm³/mol. The highest BCUT2D eigenvalue weighted by Crippen LogP contribution is 2.30. The monoisotopic (exact) mass is 337 g/mol. The van der Waals surface area contributed by atoms with Crippen LogP contribution < -0.4 is 0 Å². The van der Waals surface area contributed by atoms with Crippen LogP contribution in [-0.4, -0.2) is 22.3 Å². The Morgan fingerprint density at radius 1 is 1.33 bits per heavy atom. The van der Waals surface area contributed by atoms with Gasteiger partial charge in [0.2, 0.25) is 0 Å². The fraction of sp³-hybridized carbons (Fsp3) is 0.200. The van der Waals surface area contributed by atoms with Crippen molar-refractivity contribution in [3.8, 4) is 0 Å². The van der Waals surface area contributed by atoms with Crippen molar-refractivity contribution in [2.75, 3.05) is 6.26 Å². The molecule has 0 aliphatic rings. The van der Waals surface area contributed by atoms with Crippen molar-refractivity contribution < 1.29 is 0 Å². The Kier molecular flexibility index (Phi) is 5.96. The maximum atomic E-state index is 5.91. The smallest absolute Gasteiger partial charge is 0.117 e. The van der Waals surface area contributed by atoms with Gasteiger partial charge in [-0.05, 0) is 42.9 Å². The third kappa shape index (κ3) is 4.95. The van der Waals surface area contributed by atoms with Gasteiger partial charge in [0.25, 0.3) is 0 Å². The zero-order chi connectivity index (χ0) is 15.2. The Morgan fingerprint density at radius 3 is 2.71 bits per heavy atom. The summed E-state index contributed by atoms with van der Waals surface area (Å²) in [6.45, 7) is 1.97. The van der Waals surface area contributed by atoms with Gasteiger partial charge in [0.15, 0.2) is 0 Å². The van der Waals surface area contributed by atoms with Crippen LogP contribution in [0.3, 0.4) is 0 Å². The minimum Gasteiger partial charge on any atom is -0.274 e. The van der Waals surface area contributed by atoms with Crippen LogP contribution in [0.15, 0.2) is 56.4 Å². The predicted octanol–water partition coefficient (Wildman–Crippen LogP) is 4.87. The quantitative estimate of drug-likeness (QED) is 0.729. The van der Waals surface area contributed by atoms with Crippen LogP contribution in [0, 0.1) is 0 Å². The maximum absolute atomic E-state index is 5.91. The van der Waals surface area contributed by atoms with Crippen molar-refractivity contribution in [2.45, 2.75) is 16.7 Å². The molecule has 0 saturated heterocycles. The van der Waals surface area contributed by atoms with Gasteiger partial charge in [0, 0.05) is 28.9 Å². The molecule has 1 heterocycles. The van der Waals surface area contributed by atoms with Crippen LogP contribution in [0.5, 0.6) is 0 Å². The van der Waals surface area contributed by atoms with Gasteiger partial charge in [-0.2, -0.15) is 5.10 Å². The molecule has 0 fully saturated rings. The third-order valence-electron chi connectivity index (χ3n) is 2.54. The minimum absolute atomic E-state index is 0.741. The SMILES string of the molecule is CS/C=C(/C)N=Cc1nn(C)cc1Sc1ccc(Cl)cc1. The Labute approximate surface area is 138 Å². The molecule has 0 spiro atoms. The number of thioether (sulfide) groups is 1. The first kappa shape index (κ1) is 16.2. The van der Waals surface area contributed by atoms with Gasteiger partial charge in [-0.15, -0.1) is 11.8 Å². The summed E-state index contributed by atoms with van der Waals surface area (Å²) in [7, 11) is 1.91. The molecule has 1 aromatic carbocycles. The fourth-order valence-corrected chi connectivity index (χ4v) is 3.10. The summed E-state index contributed by atoms with van der Waals surface area (Å²) in [5, 5.41) is 7.19. The third-order valence-corrected chi connectivity index (χ3v) is 4.41. The summed E-state index contributed by atoms with van der Waals surface area (Å²) < 4.78 is 1.80. The van der Waals surface area contributed by atoms with Crippen molar-refractivity contribution in [1.82, 2.24) is 9.78 Å². The van der Waals surface area contributed by atoms with Crippen LogP contribution in [0.1, 0.15) is 12.6 Å². The number of rotatable bonds is 5. The first-order valence-corrected chi connectivity index (χ1v) is 8.77. The van der Waals surface area contributed by atoms with Crippen LogP contribution >= 0.6 is 35.1 Å². The van der Waals surface area contributed by atoms with E-state index in [1.54, 1.807) is 34.4 Å². The van der Waals surface area contributed by atoms with Crippen LogP contribution in [0.25, 0.3) is 0 Å². The summed E-state index contributed by atoms with van der Waals surface area (Å²) >= 11 is 9.20. The fourth-order valence-electron chi connectivity index (χ4n) is 1.65. The van der Waals surface area contributed by atoms with Crippen LogP contribution in [-0.2, 0) is 7.05 Å². The lowest BCUT2D eigenvalue weighted by Gasteiger charge is -1.99. The van der Waals surface area contributed by atoms with Crippen molar-refractivity contribution in [3.63, 3.8) is 0 Å². The molecule has 0 bridgehead atoms. The molecule has 0 atom stereocenters. The molecule has 21 heavy (non-hydrogen) atoms. The van der Waals surface area contributed by atoms with E-state index in [4.69, 9.17) is 11.6 Å². The highest BCUT2D eigenvalue weighted by molar-refractivity contribution is 8.01. The molecule has 0 unspecified atom stereocenters. The molecule has 110 valence electrons. The molecule has 2 rings (SSSR count). The minimum atomic E-state index is 0.741. The van der Waals surface area contributed by atoms with Crippen LogP contribution in [0.2, 0.25) is 5.02 Å². The van der Waals surface area contributed by atoms with Crippen molar-refractivity contribution in [1.29, 1.82) is 0 Å². The lowest BCUT2D eigenvalue weighted by molar-refractivity contribution is 0.764. The lowest BCUT2D eigenvalue weighted by atomic mass is 10.4. The van der Waals surface area contributed by atoms with Crippen LogP contribution in [0.4, 0.5) is 0 Å². The Balaban J connectivity index is 2.20. The Hall–Kier alpha value is -1.17. The average Bonchev–Trinajstić information content (AvgIpc) is 2.79. The standard InChI is InChI=1S/C15H16ClN3S2/c1-11(10-20-3)17-8-14-15(9-19(2)18-14)21-13-6-4-12(16)5-7-13/h4-10H,1-3H3/b11-10-,17-8?. The van der Waals surface area contributed by atoms with Gasteiger partial charge in [-0.3, -0.25) is 9.67 Å². The molecule has 1 aromatic heterocycles. The van der Waals surface area contributed by atoms with E-state index in [1.165, 1.54) is 0 Å². The van der Waals surface area contributed by atoms with Gasteiger partial charge in [-0.1, -0.05) is 23.4 Å². The Bertz CT molecular complexity index is 660. The number of hydrogen-bond donors (Lipinski definition) is 0. The van der Waals surface area contributed by atoms with Crippen molar-refractivity contribution >= 4 is 41.3 Å². The molecule has 0 amide bonds. The van der Waals surface area contributed by atoms with Gasteiger partial charge in [-0.25, -0.2) is 0 Å². The Morgan fingerprint density at radius 2 is 2.05 bits per heavy atom. The first-order valence-electron chi connectivity index (χ1n) is 6.29. The zero-order valence-corrected chi connectivity index (χ0v) is 14.5. The van der Waals surface area contributed by atoms with Gasteiger partial charge < -0.3 is 0 Å². The highest BCUT2D eigenvalue weighted by atomic mass is 35.5. The van der Waals surface area contributed by atoms with Gasteiger partial charge in [0.05, 0.1) is 11.1 Å². The number of aromatic nitrogens is 2. The number of halogens is 1. The van der Waals surface area contributed by atoms with E-state index in [1.807, 2.05) is 56.1 Å². The molecular weight excluding hydrogens is 322 g/mol. The molecular formula is C15H16ClN3S2. The van der Waals surface area contributed by atoms with E-state index in [2.05, 4.69) is 10.1 Å². The molecule has 6 heteroatoms. The zero-order valence-electron chi connectivity index (χ0n) is 12.1. The van der Waals surface area contributed by atoms with E-state index < -0.39 is 0 Å². The topological polar surface area (TPSA) is 30.2 Å². The number of aliphatic imine (C=N–C) groups is 1. The van der Waals surface area contributed by atoms with E-state index in [0.29, 0.717) is 0 Å². The maximum Gasteiger partial charge on any atom is 0.117 e. The number of allylic oxidation sites excluding steroid dienone is 1. The largest absolute Gasteiger partial charge is 0.274 e. The highest BCUT2D eigenvalue weighted by Gasteiger charge is 2.07.